The van der Waals surface area contributed by atoms with Crippen LogP contribution >= 0.6 is 0 Å². The highest BCUT2D eigenvalue weighted by Crippen LogP contribution is 2.17. The minimum absolute atomic E-state index is 0.0882. The number of unbranched alkanes of at least 4 members (excludes halogenated alkanes) is 37. The number of hydrogen-bond acceptors (Lipinski definition) is 6. The van der Waals surface area contributed by atoms with Crippen LogP contribution in [-0.4, -0.2) is 37.2 Å². The molecular weight excluding hydrogens is 937 g/mol. The van der Waals surface area contributed by atoms with Crippen molar-refractivity contribution in [1.29, 1.82) is 0 Å². The van der Waals surface area contributed by atoms with Gasteiger partial charge in [-0.05, 0) is 89.9 Å². The van der Waals surface area contributed by atoms with Crippen molar-refractivity contribution >= 4 is 17.9 Å². The van der Waals surface area contributed by atoms with Crippen molar-refractivity contribution in [3.63, 3.8) is 0 Å². The molecule has 6 heteroatoms. The van der Waals surface area contributed by atoms with Crippen molar-refractivity contribution < 1.29 is 28.6 Å². The molecule has 1 unspecified atom stereocenters. The van der Waals surface area contributed by atoms with E-state index in [4.69, 9.17) is 14.2 Å². The van der Waals surface area contributed by atoms with Gasteiger partial charge in [0.05, 0.1) is 0 Å². The van der Waals surface area contributed by atoms with Crippen LogP contribution in [0.2, 0.25) is 0 Å². The van der Waals surface area contributed by atoms with Gasteiger partial charge in [-0.3, -0.25) is 14.4 Å². The minimum Gasteiger partial charge on any atom is -0.462 e. The van der Waals surface area contributed by atoms with Crippen molar-refractivity contribution in [2.24, 2.45) is 0 Å². The molecule has 6 nitrogen and oxygen atoms in total. The summed E-state index contributed by atoms with van der Waals surface area (Å²) in [5, 5.41) is 0. The van der Waals surface area contributed by atoms with E-state index in [1.165, 1.54) is 205 Å². The molecule has 0 heterocycles. The smallest absolute Gasteiger partial charge is 0.306 e. The van der Waals surface area contributed by atoms with Crippen molar-refractivity contribution in [2.75, 3.05) is 13.2 Å². The number of esters is 3. The first-order chi connectivity index (χ1) is 37.5. The average Bonchev–Trinajstić information content (AvgIpc) is 3.42. The van der Waals surface area contributed by atoms with Crippen LogP contribution < -0.4 is 0 Å². The molecule has 0 saturated heterocycles. The predicted molar refractivity (Wildman–Crippen MR) is 330 cm³/mol. The maximum Gasteiger partial charge on any atom is 0.306 e. The molecule has 0 rings (SSSR count). The van der Waals surface area contributed by atoms with E-state index in [9.17, 15) is 14.4 Å². The second-order valence-corrected chi connectivity index (χ2v) is 22.0. The first-order valence-corrected chi connectivity index (χ1v) is 32.9. The Kier molecular flexibility index (Phi) is 61.7. The Bertz CT molecular complexity index is 1400. The van der Waals surface area contributed by atoms with Crippen LogP contribution in [0.1, 0.15) is 335 Å². The van der Waals surface area contributed by atoms with E-state index in [0.29, 0.717) is 19.3 Å². The molecule has 76 heavy (non-hydrogen) atoms. The number of hydrogen-bond donors (Lipinski definition) is 0. The lowest BCUT2D eigenvalue weighted by Crippen LogP contribution is -2.30. The zero-order chi connectivity index (χ0) is 55.0. The Morgan fingerprint density at radius 2 is 0.513 bits per heavy atom. The van der Waals surface area contributed by atoms with E-state index in [1.54, 1.807) is 0 Å². The summed E-state index contributed by atoms with van der Waals surface area (Å²) in [5.41, 5.74) is 0. The first kappa shape index (κ1) is 72.8. The van der Waals surface area contributed by atoms with Crippen molar-refractivity contribution in [1.82, 2.24) is 0 Å². The molecular formula is C70H124O6. The molecule has 0 aliphatic heterocycles. The normalized spacial score (nSPS) is 12.5. The number of carbonyl (C=O) groups excluding carboxylic acids is 3. The Hall–Kier alpha value is -3.15. The molecule has 0 saturated carbocycles. The highest BCUT2D eigenvalue weighted by molar-refractivity contribution is 5.71. The quantitative estimate of drug-likeness (QED) is 0.0261. The fourth-order valence-electron chi connectivity index (χ4n) is 9.53. The first-order valence-electron chi connectivity index (χ1n) is 32.9. The van der Waals surface area contributed by atoms with Gasteiger partial charge >= 0.3 is 17.9 Å². The minimum atomic E-state index is -0.792. The summed E-state index contributed by atoms with van der Waals surface area (Å²) < 4.78 is 16.8. The number of allylic oxidation sites excluding steroid dienone is 12. The Balaban J connectivity index is 3.99. The van der Waals surface area contributed by atoms with Gasteiger partial charge in [0, 0.05) is 19.3 Å². The third-order valence-electron chi connectivity index (χ3n) is 14.4. The van der Waals surface area contributed by atoms with Crippen LogP contribution in [0.5, 0.6) is 0 Å². The predicted octanol–water partition coefficient (Wildman–Crippen LogP) is 22.5. The maximum absolute atomic E-state index is 12.8. The standard InChI is InChI=1S/C70H124O6/c1-4-7-10-13-16-19-21-23-25-26-27-28-29-30-31-32-33-34-35-36-37-38-39-40-41-42-43-44-46-47-49-51-54-57-60-63-69(72)75-66-67(65-74-68(71)62-59-56-53-18-15-12-9-6-3)76-70(73)64-61-58-55-52-50-48-45-24-22-20-17-14-11-8-5-2/h8,11,17,20-21,23-24,26-27,45,50,52,67H,4-7,9-10,12-16,18-19,22,25,28-44,46-49,51,53-66H2,1-3H3/b11-8-,20-17-,23-21-,27-26-,45-24-,52-50-. The lowest BCUT2D eigenvalue weighted by atomic mass is 10.0. The third-order valence-corrected chi connectivity index (χ3v) is 14.4. The summed E-state index contributed by atoms with van der Waals surface area (Å²) in [4.78, 5) is 38.0. The average molecular weight is 1060 g/mol. The van der Waals surface area contributed by atoms with Crippen molar-refractivity contribution in [2.45, 2.75) is 341 Å². The lowest BCUT2D eigenvalue weighted by molar-refractivity contribution is -0.167. The van der Waals surface area contributed by atoms with Crippen molar-refractivity contribution in [3.8, 4) is 0 Å². The topological polar surface area (TPSA) is 78.9 Å². The molecule has 0 bridgehead atoms. The zero-order valence-electron chi connectivity index (χ0n) is 50.5. The van der Waals surface area contributed by atoms with E-state index in [-0.39, 0.29) is 37.5 Å². The Labute approximate surface area is 472 Å². The van der Waals surface area contributed by atoms with E-state index < -0.39 is 6.10 Å². The van der Waals surface area contributed by atoms with E-state index in [1.807, 2.05) is 0 Å². The second-order valence-electron chi connectivity index (χ2n) is 22.0. The number of rotatable bonds is 60. The van der Waals surface area contributed by atoms with Crippen LogP contribution in [0.15, 0.2) is 72.9 Å². The van der Waals surface area contributed by atoms with E-state index in [0.717, 1.165) is 83.5 Å². The van der Waals surface area contributed by atoms with Crippen LogP contribution in [-0.2, 0) is 28.6 Å². The van der Waals surface area contributed by atoms with Gasteiger partial charge in [-0.2, -0.15) is 0 Å². The molecule has 440 valence electrons. The van der Waals surface area contributed by atoms with Gasteiger partial charge in [0.15, 0.2) is 6.10 Å². The monoisotopic (exact) mass is 1060 g/mol. The Morgan fingerprint density at radius 3 is 0.829 bits per heavy atom. The van der Waals surface area contributed by atoms with E-state index >= 15 is 0 Å². The molecule has 0 aliphatic rings. The fourth-order valence-corrected chi connectivity index (χ4v) is 9.53. The van der Waals surface area contributed by atoms with Gasteiger partial charge in [-0.1, -0.05) is 299 Å². The second kappa shape index (κ2) is 64.4. The zero-order valence-corrected chi connectivity index (χ0v) is 50.5. The van der Waals surface area contributed by atoms with Crippen LogP contribution in [0.25, 0.3) is 0 Å². The van der Waals surface area contributed by atoms with Gasteiger partial charge in [-0.25, -0.2) is 0 Å². The molecule has 0 fully saturated rings. The molecule has 1 atom stereocenters. The van der Waals surface area contributed by atoms with Crippen LogP contribution in [0.3, 0.4) is 0 Å². The Morgan fingerprint density at radius 1 is 0.276 bits per heavy atom. The fraction of sp³-hybridized carbons (Fsp3) is 0.786. The molecule has 0 aliphatic carbocycles. The SMILES string of the molecule is CC/C=C\C/C=C\C/C=C\C/C=C\CCCCC(=O)OC(COC(=O)CCCCCCCCCC)COC(=O)CCCCCCCCCCCCCCCCCCCCCCCCC/C=C\C/C=C\CCCCCCC. The summed E-state index contributed by atoms with van der Waals surface area (Å²) in [6.07, 6.45) is 84.0. The summed E-state index contributed by atoms with van der Waals surface area (Å²) in [7, 11) is 0. The molecule has 0 spiro atoms. The van der Waals surface area contributed by atoms with Crippen LogP contribution in [0.4, 0.5) is 0 Å². The van der Waals surface area contributed by atoms with Crippen molar-refractivity contribution in [3.05, 3.63) is 72.9 Å². The lowest BCUT2D eigenvalue weighted by Gasteiger charge is -2.18. The highest BCUT2D eigenvalue weighted by Gasteiger charge is 2.19. The van der Waals surface area contributed by atoms with Gasteiger partial charge in [0.2, 0.25) is 0 Å². The van der Waals surface area contributed by atoms with Gasteiger partial charge in [-0.15, -0.1) is 0 Å². The van der Waals surface area contributed by atoms with E-state index in [2.05, 4.69) is 93.7 Å². The third kappa shape index (κ3) is 61.7. The largest absolute Gasteiger partial charge is 0.462 e. The summed E-state index contributed by atoms with van der Waals surface area (Å²) >= 11 is 0. The maximum atomic E-state index is 12.8. The van der Waals surface area contributed by atoms with Gasteiger partial charge in [0.1, 0.15) is 13.2 Å². The molecule has 0 aromatic carbocycles. The van der Waals surface area contributed by atoms with Gasteiger partial charge < -0.3 is 14.2 Å². The van der Waals surface area contributed by atoms with Gasteiger partial charge in [0.25, 0.3) is 0 Å². The molecule has 0 radical (unpaired) electrons. The highest BCUT2D eigenvalue weighted by atomic mass is 16.6. The number of carbonyl (C=O) groups is 3. The number of ether oxygens (including phenoxy) is 3. The van der Waals surface area contributed by atoms with Crippen LogP contribution in [0, 0.1) is 0 Å². The molecule has 0 amide bonds. The summed E-state index contributed by atoms with van der Waals surface area (Å²) in [6.45, 7) is 6.48. The summed E-state index contributed by atoms with van der Waals surface area (Å²) in [5.74, 6) is -0.922. The summed E-state index contributed by atoms with van der Waals surface area (Å²) in [6, 6.07) is 0. The molecule has 0 aromatic rings. The molecule has 0 aromatic heterocycles. The molecule has 0 N–H and O–H groups in total.